The average Bonchev–Trinajstić information content (AvgIpc) is 2.84. The van der Waals surface area contributed by atoms with Crippen molar-refractivity contribution in [2.45, 2.75) is 20.4 Å². The van der Waals surface area contributed by atoms with E-state index in [2.05, 4.69) is 6.07 Å². The number of hydrogen-bond donors (Lipinski definition) is 0. The Morgan fingerprint density at radius 1 is 0.909 bits per heavy atom. The zero-order valence-electron chi connectivity index (χ0n) is 19.2. The molecular weight excluding hydrogens is 416 g/mol. The molecule has 0 aliphatic carbocycles. The predicted molar refractivity (Wildman–Crippen MR) is 130 cm³/mol. The molecule has 4 rings (SSSR count). The van der Waals surface area contributed by atoms with Crippen LogP contribution < -0.4 is 15.0 Å². The van der Waals surface area contributed by atoms with Gasteiger partial charge in [0.05, 0.1) is 37.8 Å². The third-order valence-corrected chi connectivity index (χ3v) is 5.50. The highest BCUT2D eigenvalue weighted by Crippen LogP contribution is 2.22. The zero-order valence-corrected chi connectivity index (χ0v) is 19.2. The molecule has 0 aliphatic heterocycles. The summed E-state index contributed by atoms with van der Waals surface area (Å²) >= 11 is 0. The maximum absolute atomic E-state index is 13.2. The molecule has 0 unspecified atom stereocenters. The fourth-order valence-electron chi connectivity index (χ4n) is 3.67. The van der Waals surface area contributed by atoms with Crippen molar-refractivity contribution in [3.8, 4) is 22.9 Å². The summed E-state index contributed by atoms with van der Waals surface area (Å²) in [5.74, 6) is 2.23. The maximum atomic E-state index is 13.2. The first kappa shape index (κ1) is 22.6. The van der Waals surface area contributed by atoms with Crippen LogP contribution in [0.4, 0.5) is 0 Å². The first-order chi connectivity index (χ1) is 16.1. The van der Waals surface area contributed by atoms with Crippen LogP contribution in [0.25, 0.3) is 22.3 Å². The largest absolute Gasteiger partial charge is 0.497 e. The summed E-state index contributed by atoms with van der Waals surface area (Å²) in [6.07, 6.45) is 0. The molecular formula is C27H28N2O4. The second-order valence-corrected chi connectivity index (χ2v) is 7.87. The Kier molecular flexibility index (Phi) is 7.05. The van der Waals surface area contributed by atoms with Crippen LogP contribution in [-0.2, 0) is 11.3 Å². The Bertz CT molecular complexity index is 1300. The minimum Gasteiger partial charge on any atom is -0.497 e. The summed E-state index contributed by atoms with van der Waals surface area (Å²) in [6.45, 7) is 5.70. The Morgan fingerprint density at radius 3 is 2.48 bits per heavy atom. The first-order valence-corrected chi connectivity index (χ1v) is 11.0. The Balaban J connectivity index is 1.47. The first-order valence-electron chi connectivity index (χ1n) is 11.0. The minimum atomic E-state index is -0.0818. The van der Waals surface area contributed by atoms with Crippen molar-refractivity contribution in [3.63, 3.8) is 0 Å². The lowest BCUT2D eigenvalue weighted by Crippen LogP contribution is -2.26. The lowest BCUT2D eigenvalue weighted by atomic mass is 10.1. The molecule has 0 fully saturated rings. The van der Waals surface area contributed by atoms with Gasteiger partial charge in [-0.15, -0.1) is 0 Å². The lowest BCUT2D eigenvalue weighted by Gasteiger charge is -2.15. The second kappa shape index (κ2) is 10.3. The van der Waals surface area contributed by atoms with Gasteiger partial charge < -0.3 is 14.2 Å². The molecule has 0 spiro atoms. The highest BCUT2D eigenvalue weighted by Gasteiger charge is 2.13. The van der Waals surface area contributed by atoms with Crippen molar-refractivity contribution < 1.29 is 14.2 Å². The van der Waals surface area contributed by atoms with Crippen LogP contribution in [-0.4, -0.2) is 36.5 Å². The van der Waals surface area contributed by atoms with Gasteiger partial charge in [0.15, 0.2) is 0 Å². The van der Waals surface area contributed by atoms with E-state index in [0.717, 1.165) is 28.2 Å². The van der Waals surface area contributed by atoms with E-state index in [9.17, 15) is 4.79 Å². The van der Waals surface area contributed by atoms with Crippen molar-refractivity contribution in [2.24, 2.45) is 0 Å². The molecule has 33 heavy (non-hydrogen) atoms. The molecule has 3 aromatic carbocycles. The van der Waals surface area contributed by atoms with Crippen molar-refractivity contribution in [2.75, 3.05) is 26.9 Å². The number of hydrogen-bond acceptors (Lipinski definition) is 5. The summed E-state index contributed by atoms with van der Waals surface area (Å²) in [7, 11) is 1.63. The van der Waals surface area contributed by atoms with Gasteiger partial charge in [0, 0.05) is 5.56 Å². The van der Waals surface area contributed by atoms with Gasteiger partial charge in [0.25, 0.3) is 5.56 Å². The molecule has 0 amide bonds. The van der Waals surface area contributed by atoms with E-state index >= 15 is 0 Å². The number of ether oxygens (including phenoxy) is 3. The molecule has 170 valence electrons. The number of aromatic nitrogens is 2. The van der Waals surface area contributed by atoms with Gasteiger partial charge in [-0.05, 0) is 67.4 Å². The van der Waals surface area contributed by atoms with Crippen LogP contribution in [0.2, 0.25) is 0 Å². The van der Waals surface area contributed by atoms with E-state index in [1.54, 1.807) is 17.7 Å². The van der Waals surface area contributed by atoms with E-state index < -0.39 is 0 Å². The molecule has 1 heterocycles. The summed E-state index contributed by atoms with van der Waals surface area (Å²) in [6, 6.07) is 21.1. The summed E-state index contributed by atoms with van der Waals surface area (Å²) in [5.41, 5.74) is 3.69. The van der Waals surface area contributed by atoms with Crippen LogP contribution in [0.3, 0.4) is 0 Å². The molecule has 0 saturated carbocycles. The summed E-state index contributed by atoms with van der Waals surface area (Å²) < 4.78 is 18.6. The van der Waals surface area contributed by atoms with E-state index in [0.29, 0.717) is 43.1 Å². The van der Waals surface area contributed by atoms with Crippen LogP contribution >= 0.6 is 0 Å². The van der Waals surface area contributed by atoms with E-state index in [4.69, 9.17) is 19.2 Å². The van der Waals surface area contributed by atoms with Crippen molar-refractivity contribution in [3.05, 3.63) is 88.2 Å². The number of methoxy groups -OCH3 is 1. The molecule has 0 atom stereocenters. The molecule has 0 N–H and O–H groups in total. The quantitative estimate of drug-likeness (QED) is 0.348. The lowest BCUT2D eigenvalue weighted by molar-refractivity contribution is 0.0938. The monoisotopic (exact) mass is 444 g/mol. The Hall–Kier alpha value is -3.64. The Morgan fingerprint density at radius 2 is 1.70 bits per heavy atom. The highest BCUT2D eigenvalue weighted by atomic mass is 16.5. The average molecular weight is 445 g/mol. The molecule has 0 aliphatic rings. The normalized spacial score (nSPS) is 11.0. The highest BCUT2D eigenvalue weighted by molar-refractivity contribution is 5.79. The molecule has 0 saturated heterocycles. The molecule has 6 heteroatoms. The molecule has 4 aromatic rings. The third kappa shape index (κ3) is 5.23. The molecule has 0 bridgehead atoms. The van der Waals surface area contributed by atoms with Gasteiger partial charge in [-0.2, -0.15) is 0 Å². The second-order valence-electron chi connectivity index (χ2n) is 7.87. The number of aryl methyl sites for hydroxylation is 2. The topological polar surface area (TPSA) is 62.6 Å². The third-order valence-electron chi connectivity index (χ3n) is 5.50. The smallest absolute Gasteiger partial charge is 0.261 e. The van der Waals surface area contributed by atoms with Crippen molar-refractivity contribution in [1.82, 2.24) is 9.55 Å². The number of nitrogens with zero attached hydrogens (tertiary/aromatic N) is 2. The van der Waals surface area contributed by atoms with Crippen LogP contribution in [0.1, 0.15) is 11.1 Å². The van der Waals surface area contributed by atoms with Gasteiger partial charge >= 0.3 is 0 Å². The van der Waals surface area contributed by atoms with Crippen molar-refractivity contribution >= 4 is 10.9 Å². The molecule has 0 radical (unpaired) electrons. The van der Waals surface area contributed by atoms with Gasteiger partial charge in [-0.3, -0.25) is 9.36 Å². The fourth-order valence-corrected chi connectivity index (χ4v) is 3.67. The number of fused-ring (bicyclic) bond motifs is 1. The van der Waals surface area contributed by atoms with Crippen LogP contribution in [0.15, 0.2) is 71.5 Å². The number of para-hydroxylation sites is 1. The van der Waals surface area contributed by atoms with Crippen LogP contribution in [0, 0.1) is 13.8 Å². The van der Waals surface area contributed by atoms with E-state index in [-0.39, 0.29) is 5.56 Å². The van der Waals surface area contributed by atoms with E-state index in [1.807, 2.05) is 68.4 Å². The SMILES string of the molecule is COc1ccc(-c2nc3ccccc3c(=O)n2CCOCCOc2cc(C)ccc2C)cc1. The molecule has 1 aromatic heterocycles. The minimum absolute atomic E-state index is 0.0818. The van der Waals surface area contributed by atoms with Crippen LogP contribution in [0.5, 0.6) is 11.5 Å². The number of benzene rings is 3. The maximum Gasteiger partial charge on any atom is 0.261 e. The summed E-state index contributed by atoms with van der Waals surface area (Å²) in [5, 5.41) is 0.591. The predicted octanol–water partition coefficient (Wildman–Crippen LogP) is 4.78. The summed E-state index contributed by atoms with van der Waals surface area (Å²) in [4.78, 5) is 18.0. The van der Waals surface area contributed by atoms with Crippen molar-refractivity contribution in [1.29, 1.82) is 0 Å². The Labute approximate surface area is 193 Å². The zero-order chi connectivity index (χ0) is 23.2. The molecule has 6 nitrogen and oxygen atoms in total. The standard InChI is InChI=1S/C27H28N2O4/c1-19-8-9-20(2)25(18-19)33-17-16-32-15-14-29-26(21-10-12-22(31-3)13-11-21)28-24-7-5-4-6-23(24)27(29)30/h4-13,18H,14-17H2,1-3H3. The van der Waals surface area contributed by atoms with Gasteiger partial charge in [0.2, 0.25) is 0 Å². The van der Waals surface area contributed by atoms with Gasteiger partial charge in [-0.1, -0.05) is 24.3 Å². The number of rotatable bonds is 9. The van der Waals surface area contributed by atoms with E-state index in [1.165, 1.54) is 0 Å². The van der Waals surface area contributed by atoms with Gasteiger partial charge in [0.1, 0.15) is 23.9 Å². The fraction of sp³-hybridized carbons (Fsp3) is 0.259. The van der Waals surface area contributed by atoms with Gasteiger partial charge in [-0.25, -0.2) is 4.98 Å².